The van der Waals surface area contributed by atoms with Gasteiger partial charge in [0.15, 0.2) is 0 Å². The molecule has 0 saturated carbocycles. The zero-order chi connectivity index (χ0) is 22.3. The Bertz CT molecular complexity index is 937. The summed E-state index contributed by atoms with van der Waals surface area (Å²) >= 11 is 0. The highest BCUT2D eigenvalue weighted by Crippen LogP contribution is 2.36. The molecule has 0 spiro atoms. The molecule has 31 heavy (non-hydrogen) atoms. The summed E-state index contributed by atoms with van der Waals surface area (Å²) in [4.78, 5) is 22.8. The van der Waals surface area contributed by atoms with Gasteiger partial charge in [-0.25, -0.2) is 9.59 Å². The Labute approximate surface area is 183 Å². The van der Waals surface area contributed by atoms with Crippen molar-refractivity contribution >= 4 is 11.9 Å². The Kier molecular flexibility index (Phi) is 7.42. The summed E-state index contributed by atoms with van der Waals surface area (Å²) in [6.45, 7) is 10.4. The van der Waals surface area contributed by atoms with Gasteiger partial charge in [-0.2, -0.15) is 0 Å². The maximum absolute atomic E-state index is 11.6. The molecule has 0 radical (unpaired) electrons. The topological polar surface area (TPSA) is 61.8 Å². The second-order valence-electron chi connectivity index (χ2n) is 8.01. The Morgan fingerprint density at radius 1 is 1.03 bits per heavy atom. The van der Waals surface area contributed by atoms with E-state index in [0.717, 1.165) is 30.4 Å². The number of benzene rings is 2. The number of aryl methyl sites for hydroxylation is 1. The zero-order valence-electron chi connectivity index (χ0n) is 17.9. The number of hydrogen-bond donors (Lipinski definition) is 0. The van der Waals surface area contributed by atoms with Crippen molar-refractivity contribution in [3.05, 3.63) is 78.9 Å². The molecule has 1 saturated heterocycles. The van der Waals surface area contributed by atoms with Crippen LogP contribution in [-0.4, -0.2) is 31.8 Å². The van der Waals surface area contributed by atoms with Crippen molar-refractivity contribution in [1.82, 2.24) is 0 Å². The van der Waals surface area contributed by atoms with Crippen LogP contribution in [0.1, 0.15) is 25.3 Å². The van der Waals surface area contributed by atoms with Crippen LogP contribution in [0.4, 0.5) is 0 Å². The third kappa shape index (κ3) is 6.15. The first-order chi connectivity index (χ1) is 14.9. The molecule has 1 fully saturated rings. The van der Waals surface area contributed by atoms with Crippen LogP contribution in [0.5, 0.6) is 5.75 Å². The van der Waals surface area contributed by atoms with Crippen LogP contribution in [-0.2, 0) is 25.5 Å². The summed E-state index contributed by atoms with van der Waals surface area (Å²) in [6.07, 6.45) is 3.91. The van der Waals surface area contributed by atoms with Gasteiger partial charge in [0.2, 0.25) is 0 Å². The van der Waals surface area contributed by atoms with E-state index in [4.69, 9.17) is 14.2 Å². The molecular formula is C26H28O5. The maximum atomic E-state index is 11.6. The van der Waals surface area contributed by atoms with Crippen LogP contribution in [0.25, 0.3) is 11.1 Å². The van der Waals surface area contributed by atoms with E-state index in [-0.39, 0.29) is 11.4 Å². The van der Waals surface area contributed by atoms with Crippen LogP contribution in [0, 0.1) is 5.41 Å². The summed E-state index contributed by atoms with van der Waals surface area (Å²) in [5, 5.41) is 0. The smallest absolute Gasteiger partial charge is 0.338 e. The van der Waals surface area contributed by atoms with E-state index in [2.05, 4.69) is 37.4 Å². The minimum Gasteiger partial charge on any atom is -0.463 e. The molecule has 0 N–H and O–H groups in total. The number of esters is 2. The van der Waals surface area contributed by atoms with Gasteiger partial charge < -0.3 is 14.2 Å². The van der Waals surface area contributed by atoms with Gasteiger partial charge in [-0.05, 0) is 55.0 Å². The molecule has 5 nitrogen and oxygen atoms in total. The SMILES string of the molecule is C=CC(=O)OCCC1(CCc2ccc(-c3ccc(OC(=O)C(=C)C)cc3)cc2)COC1. The van der Waals surface area contributed by atoms with E-state index >= 15 is 0 Å². The highest BCUT2D eigenvalue weighted by molar-refractivity contribution is 5.88. The fourth-order valence-electron chi connectivity index (χ4n) is 3.41. The molecular weight excluding hydrogens is 392 g/mol. The van der Waals surface area contributed by atoms with Crippen molar-refractivity contribution in [3.8, 4) is 16.9 Å². The van der Waals surface area contributed by atoms with Gasteiger partial charge in [0.25, 0.3) is 0 Å². The van der Waals surface area contributed by atoms with E-state index in [9.17, 15) is 9.59 Å². The number of rotatable bonds is 10. The predicted molar refractivity (Wildman–Crippen MR) is 120 cm³/mol. The average molecular weight is 421 g/mol. The zero-order valence-corrected chi connectivity index (χ0v) is 17.9. The van der Waals surface area contributed by atoms with Crippen molar-refractivity contribution in [1.29, 1.82) is 0 Å². The Morgan fingerprint density at radius 3 is 2.16 bits per heavy atom. The van der Waals surface area contributed by atoms with Gasteiger partial charge in [0, 0.05) is 17.1 Å². The van der Waals surface area contributed by atoms with Crippen molar-refractivity contribution in [2.45, 2.75) is 26.2 Å². The summed E-state index contributed by atoms with van der Waals surface area (Å²) in [6, 6.07) is 15.9. The second-order valence-corrected chi connectivity index (χ2v) is 8.01. The molecule has 0 amide bonds. The van der Waals surface area contributed by atoms with E-state index in [1.54, 1.807) is 19.1 Å². The highest BCUT2D eigenvalue weighted by Gasteiger charge is 2.37. The van der Waals surface area contributed by atoms with E-state index in [0.29, 0.717) is 31.1 Å². The fourth-order valence-corrected chi connectivity index (χ4v) is 3.41. The third-order valence-electron chi connectivity index (χ3n) is 5.50. The first-order valence-electron chi connectivity index (χ1n) is 10.3. The van der Waals surface area contributed by atoms with Gasteiger partial charge in [-0.3, -0.25) is 0 Å². The first-order valence-corrected chi connectivity index (χ1v) is 10.3. The molecule has 162 valence electrons. The largest absolute Gasteiger partial charge is 0.463 e. The first kappa shape index (κ1) is 22.5. The van der Waals surface area contributed by atoms with Gasteiger partial charge in [0.05, 0.1) is 19.8 Å². The molecule has 1 aliphatic heterocycles. The summed E-state index contributed by atoms with van der Waals surface area (Å²) < 4.78 is 15.8. The summed E-state index contributed by atoms with van der Waals surface area (Å²) in [5.41, 5.74) is 3.85. The number of hydrogen-bond acceptors (Lipinski definition) is 5. The monoisotopic (exact) mass is 420 g/mol. The Balaban J connectivity index is 1.54. The molecule has 2 aromatic carbocycles. The van der Waals surface area contributed by atoms with Crippen LogP contribution in [0.3, 0.4) is 0 Å². The quantitative estimate of drug-likeness (QED) is 0.311. The van der Waals surface area contributed by atoms with E-state index in [1.807, 2.05) is 12.1 Å². The minimum atomic E-state index is -0.425. The standard InChI is InChI=1S/C26H28O5/c1-4-24(27)30-16-15-26(17-29-18-26)14-13-20-5-7-21(8-6-20)22-9-11-23(12-10-22)31-25(28)19(2)3/h4-12H,1-2,13-18H2,3H3. The van der Waals surface area contributed by atoms with Gasteiger partial charge in [0.1, 0.15) is 5.75 Å². The predicted octanol–water partition coefficient (Wildman–Crippen LogP) is 4.90. The number of ether oxygens (including phenoxy) is 3. The molecule has 5 heteroatoms. The Morgan fingerprint density at radius 2 is 1.65 bits per heavy atom. The molecule has 0 aromatic heterocycles. The molecule has 3 rings (SSSR count). The minimum absolute atomic E-state index is 0.0805. The lowest BCUT2D eigenvalue weighted by molar-refractivity contribution is -0.147. The summed E-state index contributed by atoms with van der Waals surface area (Å²) in [5.74, 6) is -0.307. The van der Waals surface area contributed by atoms with Gasteiger partial charge in [-0.1, -0.05) is 49.6 Å². The van der Waals surface area contributed by atoms with Crippen LogP contribution in [0.2, 0.25) is 0 Å². The molecule has 2 aromatic rings. The molecule has 0 atom stereocenters. The fraction of sp³-hybridized carbons (Fsp3) is 0.308. The Hall–Kier alpha value is -3.18. The molecule has 1 heterocycles. The molecule has 1 aliphatic rings. The lowest BCUT2D eigenvalue weighted by atomic mass is 9.77. The van der Waals surface area contributed by atoms with Crippen LogP contribution < -0.4 is 4.74 Å². The van der Waals surface area contributed by atoms with Gasteiger partial charge in [-0.15, -0.1) is 0 Å². The second kappa shape index (κ2) is 10.2. The lowest BCUT2D eigenvalue weighted by Gasteiger charge is -2.41. The maximum Gasteiger partial charge on any atom is 0.338 e. The third-order valence-corrected chi connectivity index (χ3v) is 5.50. The highest BCUT2D eigenvalue weighted by atomic mass is 16.5. The number of carbonyl (C=O) groups excluding carboxylic acids is 2. The van der Waals surface area contributed by atoms with E-state index in [1.165, 1.54) is 11.6 Å². The van der Waals surface area contributed by atoms with Crippen molar-refractivity contribution in [3.63, 3.8) is 0 Å². The lowest BCUT2D eigenvalue weighted by Crippen LogP contribution is -2.43. The van der Waals surface area contributed by atoms with Gasteiger partial charge >= 0.3 is 11.9 Å². The van der Waals surface area contributed by atoms with Crippen molar-refractivity contribution < 1.29 is 23.8 Å². The van der Waals surface area contributed by atoms with E-state index < -0.39 is 5.97 Å². The van der Waals surface area contributed by atoms with Crippen LogP contribution >= 0.6 is 0 Å². The molecule has 0 bridgehead atoms. The van der Waals surface area contributed by atoms with Crippen molar-refractivity contribution in [2.24, 2.45) is 5.41 Å². The average Bonchev–Trinajstić information content (AvgIpc) is 2.75. The molecule has 0 aliphatic carbocycles. The van der Waals surface area contributed by atoms with Crippen LogP contribution in [0.15, 0.2) is 73.3 Å². The van der Waals surface area contributed by atoms with Crippen molar-refractivity contribution in [2.75, 3.05) is 19.8 Å². The number of carbonyl (C=O) groups is 2. The normalized spacial score (nSPS) is 14.2. The summed E-state index contributed by atoms with van der Waals surface area (Å²) in [7, 11) is 0. The molecule has 0 unspecified atom stereocenters.